The van der Waals surface area contributed by atoms with Gasteiger partial charge in [0.15, 0.2) is 0 Å². The summed E-state index contributed by atoms with van der Waals surface area (Å²) in [6.45, 7) is -3.10. The maximum atomic E-state index is 13.4. The minimum Gasteiger partial charge on any atom is -0.449 e. The van der Waals surface area contributed by atoms with Crippen molar-refractivity contribution in [3.63, 3.8) is 0 Å². The molecule has 5 heteroatoms. The second kappa shape index (κ2) is 2.87. The SMILES string of the molecule is Cc1c(F)cccc1C12CC([B-](F)(F)F)(C1)C2. The van der Waals surface area contributed by atoms with Gasteiger partial charge in [-0.25, -0.2) is 4.39 Å². The van der Waals surface area contributed by atoms with Crippen molar-refractivity contribution in [2.24, 2.45) is 0 Å². The fraction of sp³-hybridized carbons (Fsp3) is 0.500. The minimum absolute atomic E-state index is 0.161. The number of hydrogen-bond donors (Lipinski definition) is 0. The summed E-state index contributed by atoms with van der Waals surface area (Å²) in [6, 6.07) is 4.71. The zero-order valence-corrected chi connectivity index (χ0v) is 9.44. The van der Waals surface area contributed by atoms with Crippen LogP contribution in [0.2, 0.25) is 5.31 Å². The molecule has 17 heavy (non-hydrogen) atoms. The lowest BCUT2D eigenvalue weighted by molar-refractivity contribution is -0.0407. The van der Waals surface area contributed by atoms with Gasteiger partial charge in [-0.2, -0.15) is 0 Å². The van der Waals surface area contributed by atoms with E-state index in [0.717, 1.165) is 5.56 Å². The summed E-state index contributed by atoms with van der Waals surface area (Å²) in [4.78, 5) is 0. The van der Waals surface area contributed by atoms with Crippen molar-refractivity contribution >= 4 is 6.98 Å². The van der Waals surface area contributed by atoms with E-state index >= 15 is 0 Å². The number of rotatable bonds is 2. The third-order valence-electron chi connectivity index (χ3n) is 4.60. The van der Waals surface area contributed by atoms with Gasteiger partial charge in [-0.1, -0.05) is 36.7 Å². The van der Waals surface area contributed by atoms with Gasteiger partial charge in [-0.3, -0.25) is 0 Å². The molecule has 0 nitrogen and oxygen atoms in total. The molecule has 3 fully saturated rings. The summed E-state index contributed by atoms with van der Waals surface area (Å²) in [6.07, 6.45) is 0.482. The predicted molar refractivity (Wildman–Crippen MR) is 58.4 cm³/mol. The van der Waals surface area contributed by atoms with E-state index in [1.807, 2.05) is 0 Å². The van der Waals surface area contributed by atoms with Crippen molar-refractivity contribution in [2.75, 3.05) is 0 Å². The average Bonchev–Trinajstić information content (AvgIpc) is 2.05. The van der Waals surface area contributed by atoms with Crippen LogP contribution in [0, 0.1) is 12.7 Å². The molecule has 3 aliphatic rings. The molecule has 3 saturated carbocycles. The lowest BCUT2D eigenvalue weighted by Gasteiger charge is -2.75. The van der Waals surface area contributed by atoms with E-state index in [1.54, 1.807) is 19.1 Å². The first-order valence-electron chi connectivity index (χ1n) is 5.75. The third-order valence-corrected chi connectivity index (χ3v) is 4.60. The quantitative estimate of drug-likeness (QED) is 0.540. The topological polar surface area (TPSA) is 0 Å². The summed E-state index contributed by atoms with van der Waals surface area (Å²) in [5.41, 5.74) is 0.901. The van der Waals surface area contributed by atoms with Crippen molar-refractivity contribution in [3.05, 3.63) is 35.1 Å². The van der Waals surface area contributed by atoms with E-state index in [-0.39, 0.29) is 30.5 Å². The van der Waals surface area contributed by atoms with Crippen LogP contribution in [0.3, 0.4) is 0 Å². The summed E-state index contributed by atoms with van der Waals surface area (Å²) >= 11 is 0. The van der Waals surface area contributed by atoms with E-state index < -0.39 is 12.3 Å². The molecule has 0 spiro atoms. The van der Waals surface area contributed by atoms with Crippen LogP contribution in [0.5, 0.6) is 0 Å². The second-order valence-electron chi connectivity index (χ2n) is 5.66. The second-order valence-corrected chi connectivity index (χ2v) is 5.66. The molecule has 92 valence electrons. The maximum Gasteiger partial charge on any atom is 0.484 e. The molecule has 0 aliphatic heterocycles. The molecule has 0 N–H and O–H groups in total. The first-order valence-corrected chi connectivity index (χ1v) is 5.75. The summed E-state index contributed by atoms with van der Waals surface area (Å²) in [5.74, 6) is -0.321. The molecular weight excluding hydrogens is 231 g/mol. The summed E-state index contributed by atoms with van der Waals surface area (Å²) in [7, 11) is 0. The van der Waals surface area contributed by atoms with Gasteiger partial charge < -0.3 is 12.9 Å². The standard InChI is InChI=1S/C12H12BF4/c1-8-9(3-2-4-10(8)14)11-5-12(6-11,7-11)13(15,16)17/h2-4H,5-7H2,1H3/q-1. The molecule has 0 amide bonds. The van der Waals surface area contributed by atoms with Crippen LogP contribution in [-0.4, -0.2) is 6.98 Å². The lowest BCUT2D eigenvalue weighted by atomic mass is 9.23. The monoisotopic (exact) mass is 243 g/mol. The highest BCUT2D eigenvalue weighted by Crippen LogP contribution is 2.82. The van der Waals surface area contributed by atoms with Gasteiger partial charge in [0.25, 0.3) is 0 Å². The van der Waals surface area contributed by atoms with Crippen LogP contribution in [-0.2, 0) is 5.41 Å². The largest absolute Gasteiger partial charge is 0.484 e. The highest BCUT2D eigenvalue weighted by Gasteiger charge is 2.74. The van der Waals surface area contributed by atoms with Crippen molar-refractivity contribution in [1.82, 2.24) is 0 Å². The molecule has 0 aromatic heterocycles. The van der Waals surface area contributed by atoms with E-state index in [1.165, 1.54) is 6.07 Å². The van der Waals surface area contributed by atoms with Crippen molar-refractivity contribution in [2.45, 2.75) is 36.9 Å². The predicted octanol–water partition coefficient (Wildman–Crippen LogP) is 4.16. The van der Waals surface area contributed by atoms with Crippen LogP contribution in [0.25, 0.3) is 0 Å². The first kappa shape index (κ1) is 11.1. The van der Waals surface area contributed by atoms with Gasteiger partial charge in [-0.05, 0) is 29.5 Å². The highest BCUT2D eigenvalue weighted by atomic mass is 19.4. The Morgan fingerprint density at radius 1 is 1.12 bits per heavy atom. The van der Waals surface area contributed by atoms with Gasteiger partial charge in [0.1, 0.15) is 5.82 Å². The molecule has 0 atom stereocenters. The summed E-state index contributed by atoms with van der Waals surface area (Å²) < 4.78 is 51.7. The summed E-state index contributed by atoms with van der Waals surface area (Å²) in [5, 5.41) is -1.40. The smallest absolute Gasteiger partial charge is 0.449 e. The van der Waals surface area contributed by atoms with Crippen LogP contribution >= 0.6 is 0 Å². The zero-order chi connectivity index (χ0) is 12.5. The Labute approximate surface area is 97.1 Å². The number of benzene rings is 1. The van der Waals surface area contributed by atoms with Crippen molar-refractivity contribution in [1.29, 1.82) is 0 Å². The molecule has 4 rings (SSSR count). The van der Waals surface area contributed by atoms with Gasteiger partial charge in [0.2, 0.25) is 0 Å². The van der Waals surface area contributed by atoms with Crippen molar-refractivity contribution in [3.8, 4) is 0 Å². The zero-order valence-electron chi connectivity index (χ0n) is 9.44. The van der Waals surface area contributed by atoms with Crippen LogP contribution in [0.4, 0.5) is 17.3 Å². The average molecular weight is 243 g/mol. The van der Waals surface area contributed by atoms with Crippen LogP contribution in [0.15, 0.2) is 18.2 Å². The lowest BCUT2D eigenvalue weighted by Crippen LogP contribution is -2.67. The minimum atomic E-state index is -4.75. The highest BCUT2D eigenvalue weighted by molar-refractivity contribution is 6.63. The molecule has 1 aromatic carbocycles. The molecule has 1 aromatic rings. The molecule has 2 bridgehead atoms. The fourth-order valence-corrected chi connectivity index (χ4v) is 3.68. The Morgan fingerprint density at radius 3 is 2.24 bits per heavy atom. The molecule has 0 saturated heterocycles. The first-order chi connectivity index (χ1) is 7.80. The van der Waals surface area contributed by atoms with E-state index in [0.29, 0.717) is 5.56 Å². The van der Waals surface area contributed by atoms with Gasteiger partial charge in [0, 0.05) is 0 Å². The Bertz CT molecular complexity index is 472. The van der Waals surface area contributed by atoms with E-state index in [4.69, 9.17) is 0 Å². The van der Waals surface area contributed by atoms with Crippen molar-refractivity contribution < 1.29 is 17.3 Å². The number of hydrogen-bond acceptors (Lipinski definition) is 0. The van der Waals surface area contributed by atoms with E-state index in [2.05, 4.69) is 0 Å². The van der Waals surface area contributed by atoms with Gasteiger partial charge >= 0.3 is 6.98 Å². The van der Waals surface area contributed by atoms with Crippen LogP contribution in [0.1, 0.15) is 30.4 Å². The van der Waals surface area contributed by atoms with Crippen LogP contribution < -0.4 is 0 Å². The third kappa shape index (κ3) is 1.20. The molecule has 0 heterocycles. The Balaban J connectivity index is 1.90. The number of halogens is 4. The molecule has 0 radical (unpaired) electrons. The molecule has 0 unspecified atom stereocenters. The molecule has 3 aliphatic carbocycles. The normalized spacial score (nSPS) is 35.1. The van der Waals surface area contributed by atoms with Gasteiger partial charge in [0.05, 0.1) is 0 Å². The van der Waals surface area contributed by atoms with E-state index in [9.17, 15) is 17.3 Å². The Kier molecular flexibility index (Phi) is 1.88. The molecular formula is C12H12BF4-. The Hall–Kier alpha value is -0.995. The van der Waals surface area contributed by atoms with Gasteiger partial charge in [-0.15, -0.1) is 0 Å². The Morgan fingerprint density at radius 2 is 1.71 bits per heavy atom. The fourth-order valence-electron chi connectivity index (χ4n) is 3.68. The maximum absolute atomic E-state index is 13.4.